The summed E-state index contributed by atoms with van der Waals surface area (Å²) >= 11 is 1.98. The van der Waals surface area contributed by atoms with E-state index in [-0.39, 0.29) is 0 Å². The van der Waals surface area contributed by atoms with Gasteiger partial charge in [-0.05, 0) is 40.3 Å². The first-order valence-corrected chi connectivity index (χ1v) is 6.32. The molecule has 0 saturated carbocycles. The van der Waals surface area contributed by atoms with Crippen LogP contribution < -0.4 is 20.6 Å². The second kappa shape index (κ2) is 7.53. The monoisotopic (exact) mass is 393 g/mol. The quantitative estimate of drug-likeness (QED) is 0.374. The number of ether oxygens (including phenoxy) is 2. The van der Waals surface area contributed by atoms with Crippen molar-refractivity contribution in [1.29, 1.82) is 0 Å². The summed E-state index contributed by atoms with van der Waals surface area (Å²) in [6.07, 6.45) is 1.37. The minimum atomic E-state index is -1.08. The van der Waals surface area contributed by atoms with Gasteiger partial charge in [0.05, 0.1) is 16.9 Å². The van der Waals surface area contributed by atoms with Crippen LogP contribution in [0.15, 0.2) is 17.2 Å². The van der Waals surface area contributed by atoms with E-state index in [0.29, 0.717) is 20.6 Å². The fourth-order valence-corrected chi connectivity index (χ4v) is 2.04. The number of carbonyl (C=O) groups excluding carboxylic acids is 1. The highest BCUT2D eigenvalue weighted by molar-refractivity contribution is 14.1. The number of aliphatic carboxylic acids is 1. The lowest BCUT2D eigenvalue weighted by Gasteiger charge is -2.12. The minimum Gasteiger partial charge on any atom is -0.493 e. The molecule has 8 nitrogen and oxygen atoms in total. The summed E-state index contributed by atoms with van der Waals surface area (Å²) < 4.78 is 10.9. The van der Waals surface area contributed by atoms with E-state index in [1.54, 1.807) is 12.1 Å². The number of rotatable bonds is 6. The van der Waals surface area contributed by atoms with Crippen LogP contribution in [0.4, 0.5) is 4.79 Å². The van der Waals surface area contributed by atoms with Crippen LogP contribution in [-0.2, 0) is 4.79 Å². The summed E-state index contributed by atoms with van der Waals surface area (Å²) in [6.45, 7) is -0.469. The normalized spacial score (nSPS) is 10.3. The third kappa shape index (κ3) is 4.91. The van der Waals surface area contributed by atoms with Gasteiger partial charge in [0.2, 0.25) is 0 Å². The Morgan fingerprint density at radius 2 is 2.25 bits per heavy atom. The molecule has 0 saturated heterocycles. The number of nitrogens with zero attached hydrogens (tertiary/aromatic N) is 1. The number of methoxy groups -OCH3 is 1. The molecule has 1 aromatic carbocycles. The van der Waals surface area contributed by atoms with E-state index in [0.717, 1.165) is 0 Å². The van der Waals surface area contributed by atoms with Gasteiger partial charge in [0.15, 0.2) is 18.1 Å². The van der Waals surface area contributed by atoms with Crippen molar-refractivity contribution in [2.24, 2.45) is 10.8 Å². The third-order valence-corrected chi connectivity index (χ3v) is 2.78. The zero-order chi connectivity index (χ0) is 15.1. The van der Waals surface area contributed by atoms with Gasteiger partial charge in [0, 0.05) is 0 Å². The van der Waals surface area contributed by atoms with Crippen molar-refractivity contribution >= 4 is 40.8 Å². The Morgan fingerprint density at radius 1 is 1.55 bits per heavy atom. The minimum absolute atomic E-state index is 0.329. The first-order valence-electron chi connectivity index (χ1n) is 5.24. The molecule has 4 N–H and O–H groups in total. The number of carboxylic acid groups (broad SMARTS) is 1. The van der Waals surface area contributed by atoms with E-state index in [4.69, 9.17) is 20.3 Å². The second-order valence-corrected chi connectivity index (χ2v) is 4.61. The molecule has 0 spiro atoms. The van der Waals surface area contributed by atoms with Gasteiger partial charge >= 0.3 is 12.0 Å². The number of carboxylic acids is 1. The van der Waals surface area contributed by atoms with Gasteiger partial charge in [-0.1, -0.05) is 0 Å². The predicted molar refractivity (Wildman–Crippen MR) is 79.2 cm³/mol. The predicted octanol–water partition coefficient (Wildman–Crippen LogP) is 0.765. The number of nitrogens with two attached hydrogens (primary N) is 1. The number of nitrogens with one attached hydrogen (secondary N) is 1. The van der Waals surface area contributed by atoms with Crippen LogP contribution in [0.2, 0.25) is 0 Å². The SMILES string of the molecule is COc1cc(C=NNC(N)=O)cc(I)c1OCC(=O)O. The van der Waals surface area contributed by atoms with Crippen molar-refractivity contribution < 1.29 is 24.2 Å². The van der Waals surface area contributed by atoms with Gasteiger partial charge in [-0.15, -0.1) is 0 Å². The van der Waals surface area contributed by atoms with Gasteiger partial charge < -0.3 is 20.3 Å². The highest BCUT2D eigenvalue weighted by atomic mass is 127. The van der Waals surface area contributed by atoms with Gasteiger partial charge in [0.1, 0.15) is 0 Å². The summed E-state index contributed by atoms with van der Waals surface area (Å²) in [7, 11) is 1.43. The van der Waals surface area contributed by atoms with Crippen molar-refractivity contribution in [3.8, 4) is 11.5 Å². The van der Waals surface area contributed by atoms with Crippen molar-refractivity contribution in [2.75, 3.05) is 13.7 Å². The third-order valence-electron chi connectivity index (χ3n) is 1.98. The average molecular weight is 393 g/mol. The summed E-state index contributed by atoms with van der Waals surface area (Å²) in [5.41, 5.74) is 7.56. The Balaban J connectivity index is 2.97. The number of benzene rings is 1. The standard InChI is InChI=1S/C11H12IN3O5/c1-19-8-3-6(4-14-15-11(13)18)2-7(12)10(8)20-5-9(16)17/h2-4H,5H2,1H3,(H,16,17)(H3,13,15,18). The zero-order valence-electron chi connectivity index (χ0n) is 10.4. The lowest BCUT2D eigenvalue weighted by Crippen LogP contribution is -2.24. The van der Waals surface area contributed by atoms with E-state index in [2.05, 4.69) is 10.5 Å². The molecule has 0 aromatic heterocycles. The van der Waals surface area contributed by atoms with Gasteiger partial charge in [-0.25, -0.2) is 15.0 Å². The smallest absolute Gasteiger partial charge is 0.341 e. The number of halogens is 1. The van der Waals surface area contributed by atoms with Crippen molar-refractivity contribution in [2.45, 2.75) is 0 Å². The van der Waals surface area contributed by atoms with Crippen molar-refractivity contribution in [3.63, 3.8) is 0 Å². The summed E-state index contributed by atoms with van der Waals surface area (Å²) in [6, 6.07) is 2.50. The van der Waals surface area contributed by atoms with Crippen LogP contribution in [-0.4, -0.2) is 37.0 Å². The molecule has 108 valence electrons. The number of amides is 2. The average Bonchev–Trinajstić information content (AvgIpc) is 2.36. The number of hydrazone groups is 1. The topological polar surface area (TPSA) is 123 Å². The fraction of sp³-hybridized carbons (Fsp3) is 0.182. The second-order valence-electron chi connectivity index (χ2n) is 3.45. The van der Waals surface area contributed by atoms with Gasteiger partial charge in [0.25, 0.3) is 0 Å². The van der Waals surface area contributed by atoms with Crippen LogP contribution in [0, 0.1) is 3.57 Å². The van der Waals surface area contributed by atoms with E-state index >= 15 is 0 Å². The van der Waals surface area contributed by atoms with E-state index in [1.165, 1.54) is 13.3 Å². The number of urea groups is 1. The summed E-state index contributed by atoms with van der Waals surface area (Å²) in [4.78, 5) is 21.0. The Labute approximate surface area is 128 Å². The lowest BCUT2D eigenvalue weighted by atomic mass is 10.2. The number of primary amides is 1. The van der Waals surface area contributed by atoms with E-state index < -0.39 is 18.6 Å². The zero-order valence-corrected chi connectivity index (χ0v) is 12.6. The molecule has 0 bridgehead atoms. The summed E-state index contributed by atoms with van der Waals surface area (Å²) in [5, 5.41) is 12.2. The van der Waals surface area contributed by atoms with E-state index in [9.17, 15) is 9.59 Å². The number of hydrogen-bond donors (Lipinski definition) is 3. The molecule has 0 aliphatic carbocycles. The molecule has 0 radical (unpaired) electrons. The Hall–Kier alpha value is -2.04. The van der Waals surface area contributed by atoms with E-state index in [1.807, 2.05) is 22.6 Å². The molecule has 0 aliphatic heterocycles. The lowest BCUT2D eigenvalue weighted by molar-refractivity contribution is -0.139. The van der Waals surface area contributed by atoms with Crippen LogP contribution in [0.5, 0.6) is 11.5 Å². The molecule has 0 unspecified atom stereocenters. The molecule has 1 rings (SSSR count). The Bertz CT molecular complexity index is 547. The highest BCUT2D eigenvalue weighted by Gasteiger charge is 2.12. The maximum atomic E-state index is 10.5. The Morgan fingerprint density at radius 3 is 2.80 bits per heavy atom. The van der Waals surface area contributed by atoms with Crippen LogP contribution in [0.1, 0.15) is 5.56 Å². The molecule has 0 aliphatic rings. The Kier molecular flexibility index (Phi) is 6.03. The largest absolute Gasteiger partial charge is 0.493 e. The maximum Gasteiger partial charge on any atom is 0.341 e. The van der Waals surface area contributed by atoms with Crippen LogP contribution >= 0.6 is 22.6 Å². The first kappa shape index (κ1) is 16.0. The fourth-order valence-electron chi connectivity index (χ4n) is 1.26. The molecule has 0 heterocycles. The van der Waals surface area contributed by atoms with Crippen LogP contribution in [0.25, 0.3) is 0 Å². The van der Waals surface area contributed by atoms with Crippen molar-refractivity contribution in [3.05, 3.63) is 21.3 Å². The molecular weight excluding hydrogens is 381 g/mol. The van der Waals surface area contributed by atoms with Crippen LogP contribution in [0.3, 0.4) is 0 Å². The molecular formula is C11H12IN3O5. The summed E-state index contributed by atoms with van der Waals surface area (Å²) in [5.74, 6) is -0.395. The molecule has 20 heavy (non-hydrogen) atoms. The van der Waals surface area contributed by atoms with Gasteiger partial charge in [-0.2, -0.15) is 5.10 Å². The number of hydrogen-bond acceptors (Lipinski definition) is 5. The number of carbonyl (C=O) groups is 2. The molecule has 0 atom stereocenters. The van der Waals surface area contributed by atoms with Crippen molar-refractivity contribution in [1.82, 2.24) is 5.43 Å². The van der Waals surface area contributed by atoms with Gasteiger partial charge in [-0.3, -0.25) is 0 Å². The molecule has 2 amide bonds. The maximum absolute atomic E-state index is 10.5. The molecule has 0 fully saturated rings. The first-order chi connectivity index (χ1) is 9.43. The highest BCUT2D eigenvalue weighted by Crippen LogP contribution is 2.33. The molecule has 9 heteroatoms. The molecule has 1 aromatic rings.